The molecule has 0 aliphatic rings. The third-order valence-corrected chi connectivity index (χ3v) is 2.29. The van der Waals surface area contributed by atoms with Crippen LogP contribution < -0.4 is 0 Å². The van der Waals surface area contributed by atoms with Gasteiger partial charge in [-0.1, -0.05) is 37.3 Å². The third kappa shape index (κ3) is 2.96. The first kappa shape index (κ1) is 10.9. The van der Waals surface area contributed by atoms with Gasteiger partial charge in [-0.15, -0.1) is 0 Å². The molecule has 2 atom stereocenters. The molecule has 2 nitrogen and oxygen atoms in total. The maximum absolute atomic E-state index is 10.9. The molecular formula is C12H16O2. The SMILES string of the molecule is CC(=O)C[C@H](C)C(O)c1ccccc1. The first-order valence-corrected chi connectivity index (χ1v) is 4.83. The number of rotatable bonds is 4. The van der Waals surface area contributed by atoms with E-state index in [0.29, 0.717) is 6.42 Å². The van der Waals surface area contributed by atoms with Gasteiger partial charge in [-0.3, -0.25) is 0 Å². The molecule has 1 aromatic rings. The number of benzene rings is 1. The lowest BCUT2D eigenvalue weighted by molar-refractivity contribution is -0.118. The molecule has 0 aromatic heterocycles. The minimum absolute atomic E-state index is 0.0186. The number of hydrogen-bond donors (Lipinski definition) is 1. The first-order valence-electron chi connectivity index (χ1n) is 4.83. The Hall–Kier alpha value is -1.15. The molecule has 14 heavy (non-hydrogen) atoms. The monoisotopic (exact) mass is 192 g/mol. The van der Waals surface area contributed by atoms with E-state index in [0.717, 1.165) is 5.56 Å². The molecule has 2 heteroatoms. The van der Waals surface area contributed by atoms with Crippen LogP contribution in [-0.4, -0.2) is 10.9 Å². The third-order valence-electron chi connectivity index (χ3n) is 2.29. The Morgan fingerprint density at radius 2 is 1.93 bits per heavy atom. The molecule has 0 amide bonds. The number of ketones is 1. The number of aliphatic hydroxyl groups excluding tert-OH is 1. The van der Waals surface area contributed by atoms with Crippen molar-refractivity contribution in [1.82, 2.24) is 0 Å². The van der Waals surface area contributed by atoms with Gasteiger partial charge in [-0.05, 0) is 18.4 Å². The van der Waals surface area contributed by atoms with Gasteiger partial charge in [0.15, 0.2) is 0 Å². The van der Waals surface area contributed by atoms with E-state index in [4.69, 9.17) is 0 Å². The highest BCUT2D eigenvalue weighted by molar-refractivity contribution is 5.75. The molecule has 1 rings (SSSR count). The van der Waals surface area contributed by atoms with E-state index in [-0.39, 0.29) is 11.7 Å². The van der Waals surface area contributed by atoms with Gasteiger partial charge in [-0.25, -0.2) is 0 Å². The van der Waals surface area contributed by atoms with Gasteiger partial charge in [0, 0.05) is 6.42 Å². The Balaban J connectivity index is 2.65. The van der Waals surface area contributed by atoms with Gasteiger partial charge in [-0.2, -0.15) is 0 Å². The molecule has 0 bridgehead atoms. The van der Waals surface area contributed by atoms with Crippen molar-refractivity contribution in [2.75, 3.05) is 0 Å². The topological polar surface area (TPSA) is 37.3 Å². The second-order valence-electron chi connectivity index (χ2n) is 3.74. The highest BCUT2D eigenvalue weighted by atomic mass is 16.3. The van der Waals surface area contributed by atoms with Crippen molar-refractivity contribution in [1.29, 1.82) is 0 Å². The van der Waals surface area contributed by atoms with Gasteiger partial charge < -0.3 is 9.90 Å². The predicted molar refractivity (Wildman–Crippen MR) is 55.9 cm³/mol. The number of aliphatic hydroxyl groups is 1. The second kappa shape index (κ2) is 4.91. The second-order valence-corrected chi connectivity index (χ2v) is 3.74. The average Bonchev–Trinajstić information content (AvgIpc) is 2.17. The van der Waals surface area contributed by atoms with Crippen molar-refractivity contribution >= 4 is 5.78 Å². The Bertz CT molecular complexity index is 292. The molecule has 0 radical (unpaired) electrons. The molecule has 0 fully saturated rings. The van der Waals surface area contributed by atoms with Crippen molar-refractivity contribution in [2.24, 2.45) is 5.92 Å². The van der Waals surface area contributed by atoms with Gasteiger partial charge in [0.25, 0.3) is 0 Å². The van der Waals surface area contributed by atoms with Crippen molar-refractivity contribution < 1.29 is 9.90 Å². The largest absolute Gasteiger partial charge is 0.388 e. The molecule has 0 aliphatic carbocycles. The van der Waals surface area contributed by atoms with Crippen LogP contribution in [0.2, 0.25) is 0 Å². The molecule has 76 valence electrons. The molecule has 1 unspecified atom stereocenters. The van der Waals surface area contributed by atoms with E-state index in [9.17, 15) is 9.90 Å². The highest BCUT2D eigenvalue weighted by Crippen LogP contribution is 2.23. The molecule has 0 spiro atoms. The molecule has 0 aliphatic heterocycles. The van der Waals surface area contributed by atoms with Crippen LogP contribution in [0, 0.1) is 5.92 Å². The molecule has 0 saturated carbocycles. The zero-order valence-corrected chi connectivity index (χ0v) is 8.60. The van der Waals surface area contributed by atoms with Crippen molar-refractivity contribution in [3.05, 3.63) is 35.9 Å². The summed E-state index contributed by atoms with van der Waals surface area (Å²) in [6, 6.07) is 9.44. The smallest absolute Gasteiger partial charge is 0.130 e. The van der Waals surface area contributed by atoms with Crippen molar-refractivity contribution in [2.45, 2.75) is 26.4 Å². The summed E-state index contributed by atoms with van der Waals surface area (Å²) in [4.78, 5) is 10.9. The van der Waals surface area contributed by atoms with Crippen LogP contribution in [0.5, 0.6) is 0 Å². The van der Waals surface area contributed by atoms with E-state index >= 15 is 0 Å². The van der Waals surface area contributed by atoms with Gasteiger partial charge in [0.2, 0.25) is 0 Å². The summed E-state index contributed by atoms with van der Waals surface area (Å²) in [7, 11) is 0. The number of carbonyl (C=O) groups excluding carboxylic acids is 1. The van der Waals surface area contributed by atoms with Gasteiger partial charge in [0.1, 0.15) is 5.78 Å². The summed E-state index contributed by atoms with van der Waals surface area (Å²) in [6.45, 7) is 3.44. The van der Waals surface area contributed by atoms with E-state index in [1.165, 1.54) is 0 Å². The van der Waals surface area contributed by atoms with Crippen LogP contribution >= 0.6 is 0 Å². The Morgan fingerprint density at radius 3 is 2.43 bits per heavy atom. The summed E-state index contributed by atoms with van der Waals surface area (Å²) in [5, 5.41) is 9.89. The van der Waals surface area contributed by atoms with Crippen LogP contribution in [0.15, 0.2) is 30.3 Å². The zero-order valence-electron chi connectivity index (χ0n) is 8.60. The lowest BCUT2D eigenvalue weighted by Crippen LogP contribution is -2.12. The summed E-state index contributed by atoms with van der Waals surface area (Å²) in [6.07, 6.45) is -0.115. The fourth-order valence-electron chi connectivity index (χ4n) is 1.54. The van der Waals surface area contributed by atoms with Gasteiger partial charge >= 0.3 is 0 Å². The predicted octanol–water partition coefficient (Wildman–Crippen LogP) is 2.34. The van der Waals surface area contributed by atoms with Crippen molar-refractivity contribution in [3.8, 4) is 0 Å². The first-order chi connectivity index (χ1) is 6.61. The maximum Gasteiger partial charge on any atom is 0.130 e. The van der Waals surface area contributed by atoms with Crippen LogP contribution in [0.4, 0.5) is 0 Å². The fraction of sp³-hybridized carbons (Fsp3) is 0.417. The molecular weight excluding hydrogens is 176 g/mol. The van der Waals surface area contributed by atoms with E-state index in [1.807, 2.05) is 37.3 Å². The van der Waals surface area contributed by atoms with E-state index < -0.39 is 6.10 Å². The zero-order chi connectivity index (χ0) is 10.6. The quantitative estimate of drug-likeness (QED) is 0.795. The van der Waals surface area contributed by atoms with Crippen LogP contribution in [0.25, 0.3) is 0 Å². The minimum Gasteiger partial charge on any atom is -0.388 e. The maximum atomic E-state index is 10.9. The lowest BCUT2D eigenvalue weighted by atomic mass is 9.93. The number of carbonyl (C=O) groups is 1. The molecule has 1 aromatic carbocycles. The lowest BCUT2D eigenvalue weighted by Gasteiger charge is -2.17. The van der Waals surface area contributed by atoms with E-state index in [1.54, 1.807) is 6.92 Å². The molecule has 1 N–H and O–H groups in total. The summed E-state index contributed by atoms with van der Waals surface area (Å²) in [5.41, 5.74) is 0.876. The highest BCUT2D eigenvalue weighted by Gasteiger charge is 2.17. The standard InChI is InChI=1S/C12H16O2/c1-9(8-10(2)13)12(14)11-6-4-3-5-7-11/h3-7,9,12,14H,8H2,1-2H3/t9-,12?/m0/s1. The Morgan fingerprint density at radius 1 is 1.36 bits per heavy atom. The average molecular weight is 192 g/mol. The Kier molecular flexibility index (Phi) is 3.84. The molecule has 0 saturated heterocycles. The van der Waals surface area contributed by atoms with E-state index in [2.05, 4.69) is 0 Å². The summed E-state index contributed by atoms with van der Waals surface area (Å²) in [5.74, 6) is 0.0994. The van der Waals surface area contributed by atoms with Crippen LogP contribution in [0.1, 0.15) is 31.9 Å². The van der Waals surface area contributed by atoms with Gasteiger partial charge in [0.05, 0.1) is 6.10 Å². The van der Waals surface area contributed by atoms with Crippen LogP contribution in [0.3, 0.4) is 0 Å². The number of Topliss-reactive ketones (excluding diaryl/α,β-unsaturated/α-hetero) is 1. The van der Waals surface area contributed by atoms with Crippen LogP contribution in [-0.2, 0) is 4.79 Å². The summed E-state index contributed by atoms with van der Waals surface area (Å²) >= 11 is 0. The Labute approximate surface area is 84.6 Å². The summed E-state index contributed by atoms with van der Waals surface area (Å²) < 4.78 is 0. The minimum atomic E-state index is -0.542. The normalized spacial score (nSPS) is 14.8. The number of hydrogen-bond acceptors (Lipinski definition) is 2. The molecule has 0 heterocycles. The fourth-order valence-corrected chi connectivity index (χ4v) is 1.54. The van der Waals surface area contributed by atoms with Crippen molar-refractivity contribution in [3.63, 3.8) is 0 Å².